The SMILES string of the molecule is CCC(C)(CC)NS(=O)(=O)c1ccc(Cl)c(CN)c1. The van der Waals surface area contributed by atoms with Gasteiger partial charge in [0.05, 0.1) is 4.90 Å². The fraction of sp³-hybridized carbons (Fsp3) is 0.538. The molecule has 3 N–H and O–H groups in total. The molecule has 0 amide bonds. The van der Waals surface area contributed by atoms with Crippen LogP contribution in [0.15, 0.2) is 23.1 Å². The first-order valence-electron chi connectivity index (χ1n) is 6.30. The lowest BCUT2D eigenvalue weighted by atomic mass is 9.98. The van der Waals surface area contributed by atoms with Crippen LogP contribution in [0.5, 0.6) is 0 Å². The van der Waals surface area contributed by atoms with Gasteiger partial charge in [0, 0.05) is 17.1 Å². The normalized spacial score (nSPS) is 12.7. The van der Waals surface area contributed by atoms with Gasteiger partial charge in [-0.1, -0.05) is 25.4 Å². The van der Waals surface area contributed by atoms with Gasteiger partial charge >= 0.3 is 0 Å². The van der Waals surface area contributed by atoms with Crippen molar-refractivity contribution in [1.82, 2.24) is 4.72 Å². The highest BCUT2D eigenvalue weighted by atomic mass is 35.5. The van der Waals surface area contributed by atoms with Crippen LogP contribution in [0.1, 0.15) is 39.2 Å². The Bertz CT molecular complexity index is 540. The third-order valence-corrected chi connectivity index (χ3v) is 5.49. The summed E-state index contributed by atoms with van der Waals surface area (Å²) in [5.41, 5.74) is 5.72. The van der Waals surface area contributed by atoms with Crippen LogP contribution in [0.2, 0.25) is 5.02 Å². The lowest BCUT2D eigenvalue weighted by molar-refractivity contribution is 0.388. The van der Waals surface area contributed by atoms with E-state index in [2.05, 4.69) is 4.72 Å². The van der Waals surface area contributed by atoms with Gasteiger partial charge in [-0.05, 0) is 43.5 Å². The van der Waals surface area contributed by atoms with Crippen LogP contribution in [0, 0.1) is 0 Å². The number of benzene rings is 1. The number of nitrogens with one attached hydrogen (secondary N) is 1. The van der Waals surface area contributed by atoms with Gasteiger partial charge in [-0.15, -0.1) is 0 Å². The summed E-state index contributed by atoms with van der Waals surface area (Å²) < 4.78 is 27.4. The first-order valence-corrected chi connectivity index (χ1v) is 8.16. The lowest BCUT2D eigenvalue weighted by Gasteiger charge is -2.27. The number of sulfonamides is 1. The van der Waals surface area contributed by atoms with Gasteiger partial charge in [0.15, 0.2) is 0 Å². The van der Waals surface area contributed by atoms with E-state index in [0.29, 0.717) is 10.6 Å². The molecule has 1 aromatic carbocycles. The Kier molecular flexibility index (Phi) is 5.38. The number of halogens is 1. The fourth-order valence-electron chi connectivity index (χ4n) is 1.65. The monoisotopic (exact) mass is 304 g/mol. The summed E-state index contributed by atoms with van der Waals surface area (Å²) in [7, 11) is -3.56. The van der Waals surface area contributed by atoms with E-state index in [1.54, 1.807) is 6.07 Å². The van der Waals surface area contributed by atoms with Crippen LogP contribution in [-0.2, 0) is 16.6 Å². The molecule has 19 heavy (non-hydrogen) atoms. The van der Waals surface area contributed by atoms with E-state index < -0.39 is 15.6 Å². The van der Waals surface area contributed by atoms with Crippen LogP contribution >= 0.6 is 11.6 Å². The average molecular weight is 305 g/mol. The van der Waals surface area contributed by atoms with Gasteiger partial charge in [0.2, 0.25) is 10.0 Å². The molecular weight excluding hydrogens is 284 g/mol. The highest BCUT2D eigenvalue weighted by Gasteiger charge is 2.27. The third kappa shape index (κ3) is 3.92. The maximum atomic E-state index is 12.4. The Morgan fingerprint density at radius 3 is 2.37 bits per heavy atom. The highest BCUT2D eigenvalue weighted by molar-refractivity contribution is 7.89. The third-order valence-electron chi connectivity index (χ3n) is 3.49. The molecule has 6 heteroatoms. The molecule has 0 aliphatic heterocycles. The van der Waals surface area contributed by atoms with E-state index in [1.165, 1.54) is 12.1 Å². The van der Waals surface area contributed by atoms with Crippen LogP contribution in [0.3, 0.4) is 0 Å². The van der Waals surface area contributed by atoms with Crippen molar-refractivity contribution in [2.24, 2.45) is 5.73 Å². The average Bonchev–Trinajstić information content (AvgIpc) is 2.38. The Hall–Kier alpha value is -0.620. The largest absolute Gasteiger partial charge is 0.326 e. The van der Waals surface area contributed by atoms with Gasteiger partial charge in [0.1, 0.15) is 0 Å². The molecule has 0 atom stereocenters. The molecular formula is C13H21ClN2O2S. The van der Waals surface area contributed by atoms with E-state index in [4.69, 9.17) is 17.3 Å². The van der Waals surface area contributed by atoms with Crippen molar-refractivity contribution < 1.29 is 8.42 Å². The lowest BCUT2D eigenvalue weighted by Crippen LogP contribution is -2.44. The summed E-state index contributed by atoms with van der Waals surface area (Å²) in [4.78, 5) is 0.200. The topological polar surface area (TPSA) is 72.2 Å². The number of hydrogen-bond donors (Lipinski definition) is 2. The minimum atomic E-state index is -3.56. The van der Waals surface area contributed by atoms with E-state index in [1.807, 2.05) is 20.8 Å². The quantitative estimate of drug-likeness (QED) is 0.848. The summed E-state index contributed by atoms with van der Waals surface area (Å²) in [5, 5.41) is 0.482. The Balaban J connectivity index is 3.14. The van der Waals surface area contributed by atoms with Crippen LogP contribution < -0.4 is 10.5 Å². The predicted octanol–water partition coefficient (Wildman–Crippen LogP) is 2.66. The maximum absolute atomic E-state index is 12.4. The number of hydrogen-bond acceptors (Lipinski definition) is 3. The van der Waals surface area contributed by atoms with Crippen molar-refractivity contribution in [2.75, 3.05) is 0 Å². The summed E-state index contributed by atoms with van der Waals surface area (Å²) in [6.45, 7) is 6.02. The summed E-state index contributed by atoms with van der Waals surface area (Å²) in [5.74, 6) is 0. The standard InChI is InChI=1S/C13H21ClN2O2S/c1-4-13(3,5-2)16-19(17,18)11-6-7-12(14)10(8-11)9-15/h6-8,16H,4-5,9,15H2,1-3H3. The molecule has 108 valence electrons. The number of nitrogens with two attached hydrogens (primary N) is 1. The van der Waals surface area contributed by atoms with Crippen LogP contribution in [0.25, 0.3) is 0 Å². The van der Waals surface area contributed by atoms with Crippen molar-refractivity contribution in [3.63, 3.8) is 0 Å². The second kappa shape index (κ2) is 6.22. The second-order valence-corrected chi connectivity index (χ2v) is 6.92. The molecule has 0 aliphatic rings. The van der Waals surface area contributed by atoms with Crippen LogP contribution in [0.4, 0.5) is 0 Å². The zero-order valence-electron chi connectivity index (χ0n) is 11.5. The van der Waals surface area contributed by atoms with Gasteiger partial charge in [0.25, 0.3) is 0 Å². The smallest absolute Gasteiger partial charge is 0.241 e. The van der Waals surface area contributed by atoms with Gasteiger partial charge < -0.3 is 5.73 Å². The fourth-order valence-corrected chi connectivity index (χ4v) is 3.45. The van der Waals surface area contributed by atoms with E-state index in [0.717, 1.165) is 12.8 Å². The molecule has 0 radical (unpaired) electrons. The minimum absolute atomic E-state index is 0.200. The molecule has 0 fully saturated rings. The first-order chi connectivity index (χ1) is 8.78. The molecule has 0 bridgehead atoms. The zero-order valence-corrected chi connectivity index (χ0v) is 13.1. The Labute approximate surface area is 120 Å². The van der Waals surface area contributed by atoms with Crippen molar-refractivity contribution in [3.05, 3.63) is 28.8 Å². The summed E-state index contributed by atoms with van der Waals surface area (Å²) in [6.07, 6.45) is 1.44. The first kappa shape index (κ1) is 16.4. The molecule has 0 heterocycles. The molecule has 1 aromatic rings. The van der Waals surface area contributed by atoms with Crippen molar-refractivity contribution >= 4 is 21.6 Å². The molecule has 0 saturated carbocycles. The molecule has 1 rings (SSSR count). The molecule has 0 saturated heterocycles. The molecule has 0 aromatic heterocycles. The molecule has 0 aliphatic carbocycles. The maximum Gasteiger partial charge on any atom is 0.241 e. The van der Waals surface area contributed by atoms with E-state index in [9.17, 15) is 8.42 Å². The summed E-state index contributed by atoms with van der Waals surface area (Å²) >= 11 is 5.94. The van der Waals surface area contributed by atoms with Crippen molar-refractivity contribution in [1.29, 1.82) is 0 Å². The Morgan fingerprint density at radius 2 is 1.89 bits per heavy atom. The highest BCUT2D eigenvalue weighted by Crippen LogP contribution is 2.23. The van der Waals surface area contributed by atoms with Crippen LogP contribution in [-0.4, -0.2) is 14.0 Å². The summed E-state index contributed by atoms with van der Waals surface area (Å²) in [6, 6.07) is 4.58. The second-order valence-electron chi connectivity index (χ2n) is 4.83. The molecule has 4 nitrogen and oxygen atoms in total. The number of rotatable bonds is 6. The Morgan fingerprint density at radius 1 is 1.32 bits per heavy atom. The van der Waals surface area contributed by atoms with Gasteiger partial charge in [-0.25, -0.2) is 13.1 Å². The van der Waals surface area contributed by atoms with Gasteiger partial charge in [-0.3, -0.25) is 0 Å². The minimum Gasteiger partial charge on any atom is -0.326 e. The van der Waals surface area contributed by atoms with E-state index in [-0.39, 0.29) is 11.4 Å². The van der Waals surface area contributed by atoms with E-state index >= 15 is 0 Å². The molecule has 0 spiro atoms. The van der Waals surface area contributed by atoms with Gasteiger partial charge in [-0.2, -0.15) is 0 Å². The van der Waals surface area contributed by atoms with Crippen molar-refractivity contribution in [2.45, 2.75) is 50.6 Å². The zero-order chi connectivity index (χ0) is 14.7. The van der Waals surface area contributed by atoms with Crippen molar-refractivity contribution in [3.8, 4) is 0 Å². The molecule has 0 unspecified atom stereocenters. The predicted molar refractivity (Wildman–Crippen MR) is 78.7 cm³/mol.